The largest absolute Gasteiger partial charge is 0.240 e. The lowest BCUT2D eigenvalue weighted by Gasteiger charge is -2.02. The number of hydrogen-bond donors (Lipinski definition) is 0. The lowest BCUT2D eigenvalue weighted by molar-refractivity contribution is 1.15. The van der Waals surface area contributed by atoms with Crippen molar-refractivity contribution in [2.45, 2.75) is 13.8 Å². The topological polar surface area (TPSA) is 83.7 Å². The molecule has 0 heterocycles. The molecule has 1 rings (SSSR count). The molecule has 0 aliphatic heterocycles. The standard InChI is InChI=1S/C13H10N4/c1-9-3-4-12(5-10(9)2)17-13(8-16)11(6-14)7-15/h3-5,11H,1-2H3. The molecular weight excluding hydrogens is 212 g/mol. The first kappa shape index (κ1) is 12.4. The van der Waals surface area contributed by atoms with Crippen LogP contribution in [-0.2, 0) is 0 Å². The minimum atomic E-state index is -1.11. The van der Waals surface area contributed by atoms with Crippen LogP contribution in [0, 0.1) is 53.8 Å². The summed E-state index contributed by atoms with van der Waals surface area (Å²) in [6.07, 6.45) is 0. The number of benzene rings is 1. The monoisotopic (exact) mass is 222 g/mol. The van der Waals surface area contributed by atoms with Crippen LogP contribution in [0.3, 0.4) is 0 Å². The summed E-state index contributed by atoms with van der Waals surface area (Å²) in [5.41, 5.74) is 2.69. The molecule has 0 aliphatic carbocycles. The van der Waals surface area contributed by atoms with Gasteiger partial charge in [0, 0.05) is 0 Å². The highest BCUT2D eigenvalue weighted by Crippen LogP contribution is 2.18. The van der Waals surface area contributed by atoms with E-state index in [9.17, 15) is 0 Å². The van der Waals surface area contributed by atoms with E-state index < -0.39 is 5.92 Å². The van der Waals surface area contributed by atoms with Crippen LogP contribution in [0.25, 0.3) is 0 Å². The second kappa shape index (κ2) is 5.45. The molecule has 0 aliphatic rings. The number of aliphatic imine (C=N–C) groups is 1. The maximum atomic E-state index is 8.86. The lowest BCUT2D eigenvalue weighted by Crippen LogP contribution is -2.07. The molecule has 0 N–H and O–H groups in total. The van der Waals surface area contributed by atoms with Gasteiger partial charge in [-0.3, -0.25) is 0 Å². The van der Waals surface area contributed by atoms with Crippen LogP contribution in [0.4, 0.5) is 5.69 Å². The van der Waals surface area contributed by atoms with Gasteiger partial charge in [-0.25, -0.2) is 4.99 Å². The predicted molar refractivity (Wildman–Crippen MR) is 63.3 cm³/mol. The molecule has 17 heavy (non-hydrogen) atoms. The van der Waals surface area contributed by atoms with Crippen molar-refractivity contribution in [3.63, 3.8) is 0 Å². The van der Waals surface area contributed by atoms with Crippen molar-refractivity contribution in [3.8, 4) is 18.2 Å². The molecule has 0 bridgehead atoms. The third-order valence-corrected chi connectivity index (χ3v) is 2.39. The second-order valence-corrected chi connectivity index (χ2v) is 3.57. The number of aryl methyl sites for hydroxylation is 2. The molecular formula is C13H10N4. The Hall–Kier alpha value is -2.64. The Kier molecular flexibility index (Phi) is 3.98. The average Bonchev–Trinajstić information content (AvgIpc) is 2.33. The molecule has 0 atom stereocenters. The maximum absolute atomic E-state index is 8.86. The van der Waals surface area contributed by atoms with Crippen molar-refractivity contribution in [1.82, 2.24) is 0 Å². The van der Waals surface area contributed by atoms with Gasteiger partial charge < -0.3 is 0 Å². The molecule has 0 saturated heterocycles. The van der Waals surface area contributed by atoms with Crippen molar-refractivity contribution < 1.29 is 0 Å². The van der Waals surface area contributed by atoms with Crippen molar-refractivity contribution >= 4 is 11.4 Å². The van der Waals surface area contributed by atoms with E-state index >= 15 is 0 Å². The highest BCUT2D eigenvalue weighted by Gasteiger charge is 2.14. The van der Waals surface area contributed by atoms with E-state index in [1.165, 1.54) is 0 Å². The van der Waals surface area contributed by atoms with Gasteiger partial charge in [-0.05, 0) is 37.1 Å². The molecule has 0 saturated carbocycles. The summed E-state index contributed by atoms with van der Waals surface area (Å²) in [5, 5.41) is 26.3. The van der Waals surface area contributed by atoms with Crippen LogP contribution >= 0.6 is 0 Å². The van der Waals surface area contributed by atoms with Gasteiger partial charge in [0.15, 0.2) is 5.92 Å². The average molecular weight is 222 g/mol. The zero-order chi connectivity index (χ0) is 12.8. The first-order valence-electron chi connectivity index (χ1n) is 4.97. The van der Waals surface area contributed by atoms with E-state index in [0.29, 0.717) is 5.69 Å². The molecule has 4 heteroatoms. The van der Waals surface area contributed by atoms with Crippen LogP contribution in [0.2, 0.25) is 0 Å². The summed E-state index contributed by atoms with van der Waals surface area (Å²) in [6, 6.07) is 10.7. The van der Waals surface area contributed by atoms with Gasteiger partial charge in [-0.1, -0.05) is 6.07 Å². The van der Waals surface area contributed by atoms with Crippen molar-refractivity contribution in [2.75, 3.05) is 0 Å². The summed E-state index contributed by atoms with van der Waals surface area (Å²) in [7, 11) is 0. The summed E-state index contributed by atoms with van der Waals surface area (Å²) in [4.78, 5) is 4.03. The molecule has 4 nitrogen and oxygen atoms in total. The molecule has 1 aromatic rings. The Balaban J connectivity index is 3.18. The van der Waals surface area contributed by atoms with Gasteiger partial charge in [0.05, 0.1) is 17.8 Å². The van der Waals surface area contributed by atoms with Gasteiger partial charge >= 0.3 is 0 Å². The van der Waals surface area contributed by atoms with Crippen molar-refractivity contribution in [2.24, 2.45) is 10.9 Å². The quantitative estimate of drug-likeness (QED) is 0.721. The summed E-state index contributed by atoms with van der Waals surface area (Å²) in [6.45, 7) is 3.91. The van der Waals surface area contributed by atoms with E-state index in [1.54, 1.807) is 24.3 Å². The third-order valence-electron chi connectivity index (χ3n) is 2.39. The van der Waals surface area contributed by atoms with Gasteiger partial charge in [-0.2, -0.15) is 15.8 Å². The highest BCUT2D eigenvalue weighted by atomic mass is 14.8. The fraction of sp³-hybridized carbons (Fsp3) is 0.231. The Morgan fingerprint density at radius 1 is 1.12 bits per heavy atom. The smallest absolute Gasteiger partial charge is 0.185 e. The normalized spacial score (nSPS) is 10.5. The van der Waals surface area contributed by atoms with Crippen LogP contribution in [0.5, 0.6) is 0 Å². The zero-order valence-corrected chi connectivity index (χ0v) is 9.60. The first-order chi connectivity index (χ1) is 8.12. The third kappa shape index (κ3) is 2.91. The molecule has 0 spiro atoms. The molecule has 1 aromatic carbocycles. The van der Waals surface area contributed by atoms with Gasteiger partial charge in [0.25, 0.3) is 0 Å². The Bertz CT molecular complexity index is 565. The van der Waals surface area contributed by atoms with Crippen molar-refractivity contribution in [3.05, 3.63) is 29.3 Å². The van der Waals surface area contributed by atoms with E-state index in [1.807, 2.05) is 26.0 Å². The number of hydrogen-bond acceptors (Lipinski definition) is 4. The predicted octanol–water partition coefficient (Wildman–Crippen LogP) is 2.56. The van der Waals surface area contributed by atoms with Gasteiger partial charge in [0.2, 0.25) is 0 Å². The van der Waals surface area contributed by atoms with Crippen LogP contribution in [-0.4, -0.2) is 5.71 Å². The molecule has 0 unspecified atom stereocenters. The maximum Gasteiger partial charge on any atom is 0.185 e. The summed E-state index contributed by atoms with van der Waals surface area (Å²) >= 11 is 0. The fourth-order valence-corrected chi connectivity index (χ4v) is 1.24. The minimum Gasteiger partial charge on any atom is -0.240 e. The van der Waals surface area contributed by atoms with Crippen LogP contribution < -0.4 is 0 Å². The number of rotatable bonds is 2. The SMILES string of the molecule is Cc1ccc(N=C(C#N)C(C#N)C#N)cc1C. The molecule has 0 radical (unpaired) electrons. The first-order valence-corrected chi connectivity index (χ1v) is 4.97. The van der Waals surface area contributed by atoms with Gasteiger partial charge in [0.1, 0.15) is 11.8 Å². The highest BCUT2D eigenvalue weighted by molar-refractivity contribution is 6.04. The van der Waals surface area contributed by atoms with Crippen molar-refractivity contribution in [1.29, 1.82) is 15.8 Å². The minimum absolute atomic E-state index is 0.0711. The Morgan fingerprint density at radius 3 is 2.24 bits per heavy atom. The fourth-order valence-electron chi connectivity index (χ4n) is 1.24. The summed E-state index contributed by atoms with van der Waals surface area (Å²) < 4.78 is 0. The zero-order valence-electron chi connectivity index (χ0n) is 9.60. The number of nitriles is 3. The molecule has 0 amide bonds. The van der Waals surface area contributed by atoms with E-state index in [4.69, 9.17) is 15.8 Å². The Labute approximate surface area is 100 Å². The van der Waals surface area contributed by atoms with E-state index in [-0.39, 0.29) is 5.71 Å². The Morgan fingerprint density at radius 2 is 1.76 bits per heavy atom. The van der Waals surface area contributed by atoms with Crippen LogP contribution in [0.1, 0.15) is 11.1 Å². The van der Waals surface area contributed by atoms with E-state index in [2.05, 4.69) is 4.99 Å². The van der Waals surface area contributed by atoms with Gasteiger partial charge in [-0.15, -0.1) is 0 Å². The lowest BCUT2D eigenvalue weighted by atomic mass is 10.1. The number of nitrogens with zero attached hydrogens (tertiary/aromatic N) is 4. The second-order valence-electron chi connectivity index (χ2n) is 3.57. The van der Waals surface area contributed by atoms with Crippen LogP contribution in [0.15, 0.2) is 23.2 Å². The molecule has 0 aromatic heterocycles. The molecule has 82 valence electrons. The molecule has 0 fully saturated rings. The van der Waals surface area contributed by atoms with E-state index in [0.717, 1.165) is 11.1 Å². The summed E-state index contributed by atoms with van der Waals surface area (Å²) in [5.74, 6) is -1.11.